The molecule has 5 rings (SSSR count). The van der Waals surface area contributed by atoms with Crippen LogP contribution in [0, 0.1) is 12.3 Å². The van der Waals surface area contributed by atoms with Crippen LogP contribution in [-0.2, 0) is 12.5 Å². The van der Waals surface area contributed by atoms with Crippen molar-refractivity contribution in [2.45, 2.75) is 71.6 Å². The Bertz CT molecular complexity index is 1120. The lowest BCUT2D eigenvalue weighted by atomic mass is 9.64. The van der Waals surface area contributed by atoms with Gasteiger partial charge >= 0.3 is 0 Å². The van der Waals surface area contributed by atoms with Crippen molar-refractivity contribution in [3.63, 3.8) is 0 Å². The zero-order chi connectivity index (χ0) is 20.6. The molecule has 1 saturated carbocycles. The third kappa shape index (κ3) is 2.70. The predicted molar refractivity (Wildman–Crippen MR) is 122 cm³/mol. The Labute approximate surface area is 175 Å². The van der Waals surface area contributed by atoms with E-state index in [0.29, 0.717) is 11.3 Å². The molecule has 0 radical (unpaired) electrons. The lowest BCUT2D eigenvalue weighted by Gasteiger charge is -2.39. The standard InChI is InChI=1S/C28H34N/c1-18-10-11-20-8-7-9-22-24(20)23(18)26-25(28(22,4)5)21(14-17-29(26)6)19-12-15-27(2,3)16-13-19/h7-11,14,17,19H,12-13,15-16H2,1-6H3/q+1. The predicted octanol–water partition coefficient (Wildman–Crippen LogP) is 6.96. The Balaban J connectivity index is 1.82. The molecular formula is C28H34N+. The number of nitrogens with zero attached hydrogens (tertiary/aromatic N) is 1. The summed E-state index contributed by atoms with van der Waals surface area (Å²) in [6.07, 6.45) is 7.61. The van der Waals surface area contributed by atoms with Gasteiger partial charge in [0, 0.05) is 17.0 Å². The third-order valence-electron chi connectivity index (χ3n) is 7.92. The summed E-state index contributed by atoms with van der Waals surface area (Å²) < 4.78 is 2.38. The van der Waals surface area contributed by atoms with Crippen molar-refractivity contribution in [3.05, 3.63) is 64.8 Å². The van der Waals surface area contributed by atoms with E-state index >= 15 is 0 Å². The Morgan fingerprint density at radius 3 is 2.38 bits per heavy atom. The lowest BCUT2D eigenvalue weighted by molar-refractivity contribution is -0.661. The highest BCUT2D eigenvalue weighted by atomic mass is 14.9. The summed E-state index contributed by atoms with van der Waals surface area (Å²) in [5, 5.41) is 2.83. The number of benzene rings is 2. The largest absolute Gasteiger partial charge is 0.217 e. The molecule has 3 aromatic rings. The highest BCUT2D eigenvalue weighted by molar-refractivity contribution is 6.03. The maximum atomic E-state index is 2.45. The van der Waals surface area contributed by atoms with Crippen LogP contribution in [-0.4, -0.2) is 0 Å². The summed E-state index contributed by atoms with van der Waals surface area (Å²) in [5.41, 5.74) is 9.46. The monoisotopic (exact) mass is 384 g/mol. The molecule has 29 heavy (non-hydrogen) atoms. The second-order valence-electron chi connectivity index (χ2n) is 10.8. The molecule has 0 amide bonds. The zero-order valence-corrected chi connectivity index (χ0v) is 18.9. The molecule has 0 saturated heterocycles. The number of pyridine rings is 1. The van der Waals surface area contributed by atoms with E-state index in [4.69, 9.17) is 0 Å². The van der Waals surface area contributed by atoms with E-state index in [-0.39, 0.29) is 5.41 Å². The first-order chi connectivity index (χ1) is 13.7. The van der Waals surface area contributed by atoms with Gasteiger partial charge < -0.3 is 0 Å². The summed E-state index contributed by atoms with van der Waals surface area (Å²) in [7, 11) is 2.23. The van der Waals surface area contributed by atoms with Gasteiger partial charge in [0.1, 0.15) is 7.05 Å². The van der Waals surface area contributed by atoms with Crippen molar-refractivity contribution < 1.29 is 4.57 Å². The SMILES string of the molecule is Cc1ccc2cccc3c2c1-c1c(c(C2CCC(C)(C)CC2)cc[n+]1C)C3(C)C. The molecule has 2 aliphatic rings. The van der Waals surface area contributed by atoms with Gasteiger partial charge in [-0.3, -0.25) is 0 Å². The van der Waals surface area contributed by atoms with E-state index in [0.717, 1.165) is 0 Å². The summed E-state index contributed by atoms with van der Waals surface area (Å²) in [6.45, 7) is 12.1. The van der Waals surface area contributed by atoms with Gasteiger partial charge in [-0.1, -0.05) is 58.0 Å². The molecule has 2 aromatic carbocycles. The third-order valence-corrected chi connectivity index (χ3v) is 7.92. The summed E-state index contributed by atoms with van der Waals surface area (Å²) in [5.74, 6) is 0.682. The first kappa shape index (κ1) is 18.9. The summed E-state index contributed by atoms with van der Waals surface area (Å²) >= 11 is 0. The van der Waals surface area contributed by atoms with Crippen LogP contribution in [0.3, 0.4) is 0 Å². The van der Waals surface area contributed by atoms with Crippen LogP contribution in [0.25, 0.3) is 22.0 Å². The molecule has 0 spiro atoms. The Kier molecular flexibility index (Phi) is 4.01. The van der Waals surface area contributed by atoms with Crippen LogP contribution in [0.4, 0.5) is 0 Å². The van der Waals surface area contributed by atoms with Crippen molar-refractivity contribution in [1.29, 1.82) is 0 Å². The molecule has 2 aliphatic carbocycles. The van der Waals surface area contributed by atoms with Gasteiger partial charge in [0.2, 0.25) is 5.69 Å². The molecule has 1 fully saturated rings. The van der Waals surface area contributed by atoms with E-state index in [1.54, 1.807) is 11.1 Å². The molecule has 1 nitrogen and oxygen atoms in total. The van der Waals surface area contributed by atoms with Crippen molar-refractivity contribution in [2.24, 2.45) is 12.5 Å². The molecule has 0 unspecified atom stereocenters. The molecule has 150 valence electrons. The van der Waals surface area contributed by atoms with E-state index in [2.05, 4.69) is 88.8 Å². The van der Waals surface area contributed by atoms with Crippen molar-refractivity contribution >= 4 is 10.8 Å². The smallest absolute Gasteiger partial charge is 0.201 e. The first-order valence-electron chi connectivity index (χ1n) is 11.3. The van der Waals surface area contributed by atoms with Crippen molar-refractivity contribution in [1.82, 2.24) is 0 Å². The molecule has 0 N–H and O–H groups in total. The van der Waals surface area contributed by atoms with Crippen LogP contribution in [0.15, 0.2) is 42.6 Å². The van der Waals surface area contributed by atoms with Gasteiger partial charge in [0.05, 0.1) is 5.56 Å². The number of hydrogen-bond donors (Lipinski definition) is 0. The van der Waals surface area contributed by atoms with Gasteiger partial charge in [0.25, 0.3) is 0 Å². The number of aryl methyl sites for hydroxylation is 2. The van der Waals surface area contributed by atoms with Crippen LogP contribution in [0.2, 0.25) is 0 Å². The van der Waals surface area contributed by atoms with E-state index < -0.39 is 0 Å². The second kappa shape index (κ2) is 6.17. The van der Waals surface area contributed by atoms with Gasteiger partial charge in [-0.25, -0.2) is 4.57 Å². The highest BCUT2D eigenvalue weighted by Crippen LogP contribution is 2.52. The second-order valence-corrected chi connectivity index (χ2v) is 10.8. The molecule has 0 atom stereocenters. The first-order valence-corrected chi connectivity index (χ1v) is 11.3. The Hall–Kier alpha value is -2.15. The van der Waals surface area contributed by atoms with Gasteiger partial charge in [-0.2, -0.15) is 0 Å². The average Bonchev–Trinajstić information content (AvgIpc) is 2.67. The molecule has 1 heterocycles. The van der Waals surface area contributed by atoms with Crippen LogP contribution in [0.1, 0.15) is 81.5 Å². The van der Waals surface area contributed by atoms with Crippen molar-refractivity contribution in [2.75, 3.05) is 0 Å². The van der Waals surface area contributed by atoms with Gasteiger partial charge in [-0.15, -0.1) is 0 Å². The molecule has 1 heteroatoms. The van der Waals surface area contributed by atoms with E-state index in [1.165, 1.54) is 58.8 Å². The topological polar surface area (TPSA) is 3.88 Å². The fourth-order valence-electron chi connectivity index (χ4n) is 6.12. The number of rotatable bonds is 1. The summed E-state index contributed by atoms with van der Waals surface area (Å²) in [4.78, 5) is 0. The molecule has 0 bridgehead atoms. The number of fused-ring (bicyclic) bond motifs is 2. The van der Waals surface area contributed by atoms with E-state index in [1.807, 2.05) is 0 Å². The molecular weight excluding hydrogens is 350 g/mol. The van der Waals surface area contributed by atoms with Gasteiger partial charge in [0.15, 0.2) is 6.20 Å². The van der Waals surface area contributed by atoms with Crippen LogP contribution < -0.4 is 4.57 Å². The van der Waals surface area contributed by atoms with Crippen molar-refractivity contribution in [3.8, 4) is 11.3 Å². The van der Waals surface area contributed by atoms with Crippen LogP contribution in [0.5, 0.6) is 0 Å². The minimum atomic E-state index is 0.0109. The fraction of sp³-hybridized carbons (Fsp3) is 0.464. The summed E-state index contributed by atoms with van der Waals surface area (Å²) in [6, 6.07) is 13.9. The minimum Gasteiger partial charge on any atom is -0.201 e. The molecule has 0 aliphatic heterocycles. The Morgan fingerprint density at radius 1 is 0.931 bits per heavy atom. The molecule has 1 aromatic heterocycles. The zero-order valence-electron chi connectivity index (χ0n) is 18.9. The maximum Gasteiger partial charge on any atom is 0.217 e. The lowest BCUT2D eigenvalue weighted by Crippen LogP contribution is -2.39. The Morgan fingerprint density at radius 2 is 1.66 bits per heavy atom. The van der Waals surface area contributed by atoms with E-state index in [9.17, 15) is 0 Å². The maximum absolute atomic E-state index is 2.45. The highest BCUT2D eigenvalue weighted by Gasteiger charge is 2.42. The average molecular weight is 385 g/mol. The number of hydrogen-bond acceptors (Lipinski definition) is 0. The fourth-order valence-corrected chi connectivity index (χ4v) is 6.12. The van der Waals surface area contributed by atoms with Gasteiger partial charge in [-0.05, 0) is 71.4 Å². The quantitative estimate of drug-likeness (QED) is 0.399. The number of aromatic nitrogens is 1. The normalized spacial score (nSPS) is 19.9. The minimum absolute atomic E-state index is 0.0109. The van der Waals surface area contributed by atoms with Crippen LogP contribution >= 0.6 is 0 Å².